The molecule has 4 rings (SSSR count). The number of aromatic nitrogens is 2. The van der Waals surface area contributed by atoms with Crippen LogP contribution in [-0.2, 0) is 11.2 Å². The molecule has 2 aromatic carbocycles. The second kappa shape index (κ2) is 8.25. The van der Waals surface area contributed by atoms with Gasteiger partial charge in [-0.05, 0) is 30.5 Å². The average Bonchev–Trinajstić information content (AvgIpc) is 3.17. The van der Waals surface area contributed by atoms with Crippen LogP contribution in [-0.4, -0.2) is 23.2 Å². The summed E-state index contributed by atoms with van der Waals surface area (Å²) in [6.07, 6.45) is 3.60. The maximum atomic E-state index is 12.5. The van der Waals surface area contributed by atoms with E-state index in [1.54, 1.807) is 7.11 Å². The zero-order valence-electron chi connectivity index (χ0n) is 15.8. The molecular weight excluding hydrogens is 354 g/mol. The first-order chi connectivity index (χ1) is 13.7. The maximum Gasteiger partial charge on any atom is 0.249 e. The number of nitrogens with zero attached hydrogens (tertiary/aromatic N) is 2. The van der Waals surface area contributed by atoms with Crippen LogP contribution in [0.25, 0.3) is 11.4 Å². The normalized spacial score (nSPS) is 14.9. The van der Waals surface area contributed by atoms with E-state index in [1.165, 1.54) is 0 Å². The van der Waals surface area contributed by atoms with E-state index in [1.807, 2.05) is 54.6 Å². The van der Waals surface area contributed by atoms with Gasteiger partial charge in [-0.25, -0.2) is 0 Å². The third-order valence-electron chi connectivity index (χ3n) is 5.14. The van der Waals surface area contributed by atoms with Crippen LogP contribution in [0.3, 0.4) is 0 Å². The number of rotatable bonds is 7. The van der Waals surface area contributed by atoms with Crippen LogP contribution in [0, 0.1) is 5.92 Å². The van der Waals surface area contributed by atoms with Crippen LogP contribution in [0.5, 0.6) is 5.75 Å². The third kappa shape index (κ3) is 4.06. The van der Waals surface area contributed by atoms with Crippen LogP contribution in [0.4, 0.5) is 0 Å². The lowest BCUT2D eigenvalue weighted by Crippen LogP contribution is -2.37. The first-order valence-electron chi connectivity index (χ1n) is 9.55. The number of ether oxygens (including phenoxy) is 1. The summed E-state index contributed by atoms with van der Waals surface area (Å²) in [5.41, 5.74) is 1.90. The predicted octanol–water partition coefficient (Wildman–Crippen LogP) is 3.95. The molecule has 0 bridgehead atoms. The van der Waals surface area contributed by atoms with Crippen LogP contribution >= 0.6 is 0 Å². The van der Waals surface area contributed by atoms with Gasteiger partial charge < -0.3 is 14.6 Å². The Bertz CT molecular complexity index is 935. The van der Waals surface area contributed by atoms with Gasteiger partial charge in [0.25, 0.3) is 0 Å². The number of carbonyl (C=O) groups excluding carboxylic acids is 1. The molecule has 6 nitrogen and oxygen atoms in total. The summed E-state index contributed by atoms with van der Waals surface area (Å²) >= 11 is 0. The Morgan fingerprint density at radius 2 is 2.04 bits per heavy atom. The molecule has 144 valence electrons. The molecule has 1 aliphatic carbocycles. The smallest absolute Gasteiger partial charge is 0.249 e. The van der Waals surface area contributed by atoms with Crippen molar-refractivity contribution in [3.05, 3.63) is 66.1 Å². The van der Waals surface area contributed by atoms with Crippen molar-refractivity contribution in [1.82, 2.24) is 15.5 Å². The molecule has 1 amide bonds. The Kier molecular flexibility index (Phi) is 5.37. The highest BCUT2D eigenvalue weighted by Crippen LogP contribution is 2.29. The van der Waals surface area contributed by atoms with Gasteiger partial charge >= 0.3 is 0 Å². The van der Waals surface area contributed by atoms with Crippen LogP contribution in [0.15, 0.2) is 59.1 Å². The molecule has 0 radical (unpaired) electrons. The standard InChI is InChI=1S/C22H23N3O3/c1-27-18-12-6-11-17(14-18)20-24-22(28-25-20)19(13-15-7-3-2-4-8-15)23-21(26)16-9-5-10-16/h2-4,6-8,11-12,14,16,19H,5,9-10,13H2,1H3,(H,23,26)/t19-/m1/s1. The molecule has 3 aromatic rings. The SMILES string of the molecule is COc1cccc(-c2noc([C@@H](Cc3ccccc3)NC(=O)C3CCC3)n2)c1. The van der Waals surface area contributed by atoms with E-state index >= 15 is 0 Å². The summed E-state index contributed by atoms with van der Waals surface area (Å²) in [4.78, 5) is 17.1. The highest BCUT2D eigenvalue weighted by atomic mass is 16.5. The fourth-order valence-electron chi connectivity index (χ4n) is 3.27. The molecule has 1 heterocycles. The van der Waals surface area contributed by atoms with Crippen molar-refractivity contribution in [1.29, 1.82) is 0 Å². The number of benzene rings is 2. The molecule has 1 fully saturated rings. The van der Waals surface area contributed by atoms with E-state index in [4.69, 9.17) is 9.26 Å². The summed E-state index contributed by atoms with van der Waals surface area (Å²) in [6.45, 7) is 0. The molecule has 0 unspecified atom stereocenters. The second-order valence-electron chi connectivity index (χ2n) is 7.07. The quantitative estimate of drug-likeness (QED) is 0.675. The van der Waals surface area contributed by atoms with E-state index in [0.29, 0.717) is 18.1 Å². The van der Waals surface area contributed by atoms with Crippen molar-refractivity contribution in [2.24, 2.45) is 5.92 Å². The number of nitrogens with one attached hydrogen (secondary N) is 1. The van der Waals surface area contributed by atoms with Crippen molar-refractivity contribution >= 4 is 5.91 Å². The van der Waals surface area contributed by atoms with Crippen LogP contribution in [0.1, 0.15) is 36.8 Å². The lowest BCUT2D eigenvalue weighted by Gasteiger charge is -2.26. The van der Waals surface area contributed by atoms with Gasteiger partial charge in [0.15, 0.2) is 0 Å². The molecule has 1 saturated carbocycles. The molecule has 0 saturated heterocycles. The fraction of sp³-hybridized carbons (Fsp3) is 0.318. The van der Waals surface area contributed by atoms with Gasteiger partial charge in [-0.3, -0.25) is 4.79 Å². The van der Waals surface area contributed by atoms with Gasteiger partial charge in [0, 0.05) is 17.9 Å². The molecule has 1 atom stereocenters. The Labute approximate surface area is 163 Å². The number of methoxy groups -OCH3 is 1. The summed E-state index contributed by atoms with van der Waals surface area (Å²) in [5.74, 6) is 1.77. The van der Waals surface area contributed by atoms with Crippen molar-refractivity contribution < 1.29 is 14.1 Å². The minimum absolute atomic E-state index is 0.0633. The topological polar surface area (TPSA) is 77.3 Å². The number of carbonyl (C=O) groups is 1. The molecular formula is C22H23N3O3. The van der Waals surface area contributed by atoms with Gasteiger partial charge in [-0.15, -0.1) is 0 Å². The van der Waals surface area contributed by atoms with E-state index in [2.05, 4.69) is 15.5 Å². The molecule has 6 heteroatoms. The fourth-order valence-corrected chi connectivity index (χ4v) is 3.27. The highest BCUT2D eigenvalue weighted by molar-refractivity contribution is 5.79. The monoisotopic (exact) mass is 377 g/mol. The van der Waals surface area contributed by atoms with Gasteiger partial charge in [-0.1, -0.05) is 54.0 Å². The molecule has 1 N–H and O–H groups in total. The van der Waals surface area contributed by atoms with Crippen molar-refractivity contribution in [3.8, 4) is 17.1 Å². The highest BCUT2D eigenvalue weighted by Gasteiger charge is 2.29. The third-order valence-corrected chi connectivity index (χ3v) is 5.14. The molecule has 1 aromatic heterocycles. The van der Waals surface area contributed by atoms with Gasteiger partial charge in [0.2, 0.25) is 17.6 Å². The summed E-state index contributed by atoms with van der Waals surface area (Å²) < 4.78 is 10.8. The van der Waals surface area contributed by atoms with Gasteiger partial charge in [-0.2, -0.15) is 4.98 Å². The summed E-state index contributed by atoms with van der Waals surface area (Å²) in [5, 5.41) is 7.23. The lowest BCUT2D eigenvalue weighted by atomic mass is 9.84. The summed E-state index contributed by atoms with van der Waals surface area (Å²) in [7, 11) is 1.62. The largest absolute Gasteiger partial charge is 0.497 e. The first-order valence-corrected chi connectivity index (χ1v) is 9.55. The Hall–Kier alpha value is -3.15. The average molecular weight is 377 g/mol. The zero-order chi connectivity index (χ0) is 19.3. The van der Waals surface area contributed by atoms with E-state index in [0.717, 1.165) is 36.1 Å². The van der Waals surface area contributed by atoms with E-state index < -0.39 is 0 Å². The van der Waals surface area contributed by atoms with Crippen LogP contribution in [0.2, 0.25) is 0 Å². The number of hydrogen-bond acceptors (Lipinski definition) is 5. The Morgan fingerprint density at radius 1 is 1.21 bits per heavy atom. The van der Waals surface area contributed by atoms with E-state index in [-0.39, 0.29) is 17.9 Å². The second-order valence-corrected chi connectivity index (χ2v) is 7.07. The van der Waals surface area contributed by atoms with Crippen LogP contribution < -0.4 is 10.1 Å². The maximum absolute atomic E-state index is 12.5. The summed E-state index contributed by atoms with van der Waals surface area (Å²) in [6, 6.07) is 17.1. The lowest BCUT2D eigenvalue weighted by molar-refractivity contribution is -0.128. The predicted molar refractivity (Wildman–Crippen MR) is 105 cm³/mol. The van der Waals surface area contributed by atoms with Crippen molar-refractivity contribution in [3.63, 3.8) is 0 Å². The van der Waals surface area contributed by atoms with E-state index in [9.17, 15) is 4.79 Å². The van der Waals surface area contributed by atoms with Gasteiger partial charge in [0.05, 0.1) is 7.11 Å². The zero-order valence-corrected chi connectivity index (χ0v) is 15.8. The minimum Gasteiger partial charge on any atom is -0.497 e. The molecule has 28 heavy (non-hydrogen) atoms. The first kappa shape index (κ1) is 18.2. The minimum atomic E-state index is -0.359. The van der Waals surface area contributed by atoms with Crippen molar-refractivity contribution in [2.45, 2.75) is 31.7 Å². The van der Waals surface area contributed by atoms with Crippen molar-refractivity contribution in [2.75, 3.05) is 7.11 Å². The number of amides is 1. The molecule has 0 spiro atoms. The van der Waals surface area contributed by atoms with Gasteiger partial charge in [0.1, 0.15) is 11.8 Å². The molecule has 0 aliphatic heterocycles. The molecule has 1 aliphatic rings. The Morgan fingerprint density at radius 3 is 2.75 bits per heavy atom. The number of hydrogen-bond donors (Lipinski definition) is 1. The Balaban J connectivity index is 1.58.